The molecule has 1 saturated heterocycles. The van der Waals surface area contributed by atoms with Gasteiger partial charge >= 0.3 is 0 Å². The maximum Gasteiger partial charge on any atom is 0.222 e. The summed E-state index contributed by atoms with van der Waals surface area (Å²) in [6.45, 7) is 15.9. The molecule has 1 fully saturated rings. The second-order valence-electron chi connectivity index (χ2n) is 9.31. The lowest BCUT2D eigenvalue weighted by atomic mass is 10.1. The number of aromatic nitrogens is 6. The number of fused-ring (bicyclic) bond motifs is 1. The fourth-order valence-corrected chi connectivity index (χ4v) is 4.78. The number of benzene rings is 1. The molecule has 1 aliphatic heterocycles. The second kappa shape index (κ2) is 10.1. The molecule has 0 radical (unpaired) electrons. The van der Waals surface area contributed by atoms with Gasteiger partial charge in [-0.15, -0.1) is 15.3 Å². The van der Waals surface area contributed by atoms with E-state index in [1.54, 1.807) is 21.3 Å². The van der Waals surface area contributed by atoms with Crippen molar-refractivity contribution in [2.45, 2.75) is 40.2 Å². The van der Waals surface area contributed by atoms with E-state index in [1.807, 2.05) is 37.8 Å². The number of hydrogen-bond donors (Lipinski definition) is 0. The van der Waals surface area contributed by atoms with Crippen molar-refractivity contribution in [3.8, 4) is 5.82 Å². The minimum Gasteiger partial charge on any atom is -0.340 e. The third-order valence-electron chi connectivity index (χ3n) is 6.94. The van der Waals surface area contributed by atoms with Crippen LogP contribution in [-0.4, -0.2) is 71.5 Å². The number of aryl methyl sites for hydroxylation is 2. The molecule has 3 aromatic heterocycles. The van der Waals surface area contributed by atoms with Crippen molar-refractivity contribution in [3.05, 3.63) is 75.9 Å². The molecule has 4 aromatic rings. The molecule has 37 heavy (non-hydrogen) atoms. The van der Waals surface area contributed by atoms with Crippen LogP contribution in [-0.2, 0) is 17.8 Å². The summed E-state index contributed by atoms with van der Waals surface area (Å²) in [7, 11) is 0. The van der Waals surface area contributed by atoms with Crippen LogP contribution in [0.3, 0.4) is 0 Å². The van der Waals surface area contributed by atoms with Gasteiger partial charge in [0.15, 0.2) is 23.0 Å². The van der Waals surface area contributed by atoms with Crippen LogP contribution in [0.4, 0.5) is 10.1 Å². The van der Waals surface area contributed by atoms with Crippen molar-refractivity contribution in [2.24, 2.45) is 0 Å². The average molecular weight is 502 g/mol. The van der Waals surface area contributed by atoms with Crippen LogP contribution < -0.4 is 0 Å². The lowest BCUT2D eigenvalue weighted by molar-refractivity contribution is -0.133. The van der Waals surface area contributed by atoms with E-state index in [-0.39, 0.29) is 11.7 Å². The number of carbonyl (C=O) groups is 1. The molecule has 190 valence electrons. The summed E-state index contributed by atoms with van der Waals surface area (Å²) in [6, 6.07) is 8.31. The van der Waals surface area contributed by atoms with Crippen LogP contribution in [0.2, 0.25) is 0 Å². The summed E-state index contributed by atoms with van der Waals surface area (Å²) in [5, 5.41) is 17.4. The summed E-state index contributed by atoms with van der Waals surface area (Å²) < 4.78 is 17.7. The number of nitrogens with zero attached hydrogens (tertiary/aromatic N) is 9. The molecule has 0 unspecified atom stereocenters. The van der Waals surface area contributed by atoms with E-state index in [1.165, 1.54) is 6.07 Å². The zero-order valence-electron chi connectivity index (χ0n) is 21.1. The van der Waals surface area contributed by atoms with E-state index in [4.69, 9.17) is 6.57 Å². The summed E-state index contributed by atoms with van der Waals surface area (Å²) in [5.41, 5.74) is 4.44. The van der Waals surface area contributed by atoms with Gasteiger partial charge in [-0.3, -0.25) is 9.69 Å². The molecule has 0 spiro atoms. The first-order valence-electron chi connectivity index (χ1n) is 12.2. The minimum absolute atomic E-state index is 0.110. The van der Waals surface area contributed by atoms with Crippen molar-refractivity contribution in [2.75, 3.05) is 26.2 Å². The van der Waals surface area contributed by atoms with E-state index in [0.717, 1.165) is 17.0 Å². The third-order valence-corrected chi connectivity index (χ3v) is 6.94. The Morgan fingerprint density at radius 1 is 1.05 bits per heavy atom. The van der Waals surface area contributed by atoms with Crippen LogP contribution in [0.5, 0.6) is 0 Å². The van der Waals surface area contributed by atoms with Crippen molar-refractivity contribution < 1.29 is 9.18 Å². The zero-order chi connectivity index (χ0) is 26.1. The normalized spacial score (nSPS) is 14.3. The van der Waals surface area contributed by atoms with Crippen LogP contribution in [0.15, 0.2) is 30.3 Å². The number of rotatable bonds is 6. The Labute approximate surface area is 214 Å². The smallest absolute Gasteiger partial charge is 0.222 e. The van der Waals surface area contributed by atoms with Crippen molar-refractivity contribution >= 4 is 17.2 Å². The fourth-order valence-electron chi connectivity index (χ4n) is 4.78. The first-order chi connectivity index (χ1) is 17.8. The van der Waals surface area contributed by atoms with Gasteiger partial charge in [-0.05, 0) is 56.5 Å². The van der Waals surface area contributed by atoms with E-state index in [0.29, 0.717) is 74.1 Å². The van der Waals surface area contributed by atoms with E-state index in [2.05, 4.69) is 30.1 Å². The zero-order valence-corrected chi connectivity index (χ0v) is 21.1. The molecule has 0 atom stereocenters. The topological polar surface area (TPSA) is 88.8 Å². The monoisotopic (exact) mass is 501 g/mol. The molecule has 0 aliphatic carbocycles. The first kappa shape index (κ1) is 24.5. The minimum atomic E-state index is -0.356. The van der Waals surface area contributed by atoms with E-state index >= 15 is 0 Å². The Kier molecular flexibility index (Phi) is 6.67. The SMILES string of the molecule is [C-]#[N+]c1ccc(CN2CCN(C(=O)CCc3c(C)nn(-c4ccc5nnc(C)n5n4)c3C)CC2)c(F)c1. The lowest BCUT2D eigenvalue weighted by Crippen LogP contribution is -2.48. The molecular formula is C26H28FN9O. The van der Waals surface area contributed by atoms with Gasteiger partial charge < -0.3 is 4.90 Å². The van der Waals surface area contributed by atoms with Gasteiger partial charge in [-0.1, -0.05) is 12.1 Å². The number of hydrogen-bond acceptors (Lipinski definition) is 6. The number of piperazine rings is 1. The van der Waals surface area contributed by atoms with Gasteiger partial charge in [0, 0.05) is 44.8 Å². The van der Waals surface area contributed by atoms with E-state index < -0.39 is 0 Å². The van der Waals surface area contributed by atoms with Crippen molar-refractivity contribution in [3.63, 3.8) is 0 Å². The van der Waals surface area contributed by atoms with Crippen LogP contribution in [0.25, 0.3) is 16.3 Å². The van der Waals surface area contributed by atoms with Gasteiger partial charge in [0.2, 0.25) is 5.91 Å². The van der Waals surface area contributed by atoms with Gasteiger partial charge in [0.25, 0.3) is 0 Å². The van der Waals surface area contributed by atoms with Crippen LogP contribution in [0, 0.1) is 33.2 Å². The lowest BCUT2D eigenvalue weighted by Gasteiger charge is -2.35. The second-order valence-corrected chi connectivity index (χ2v) is 9.31. The predicted octanol–water partition coefficient (Wildman–Crippen LogP) is 3.20. The highest BCUT2D eigenvalue weighted by Crippen LogP contribution is 2.21. The molecule has 1 aliphatic rings. The standard InChI is InChI=1S/C26H28FN9O/c1-17-22(18(2)35(31-17)25-9-8-24-30-29-19(3)36(24)32-25)7-10-26(37)34-13-11-33(12-14-34)16-20-5-6-21(28-4)15-23(20)27/h5-6,8-9,15H,7,10-14,16H2,1-3H3. The molecule has 10 nitrogen and oxygen atoms in total. The summed E-state index contributed by atoms with van der Waals surface area (Å²) in [4.78, 5) is 20.3. The maximum atomic E-state index is 14.3. The molecule has 1 aromatic carbocycles. The van der Waals surface area contributed by atoms with Crippen LogP contribution >= 0.6 is 0 Å². The quantitative estimate of drug-likeness (QED) is 0.377. The summed E-state index contributed by atoms with van der Waals surface area (Å²) in [5.74, 6) is 1.13. The fraction of sp³-hybridized carbons (Fsp3) is 0.385. The van der Waals surface area contributed by atoms with E-state index in [9.17, 15) is 9.18 Å². The molecule has 4 heterocycles. The highest BCUT2D eigenvalue weighted by atomic mass is 19.1. The Morgan fingerprint density at radius 3 is 2.57 bits per heavy atom. The summed E-state index contributed by atoms with van der Waals surface area (Å²) in [6.07, 6.45) is 1.00. The highest BCUT2D eigenvalue weighted by Gasteiger charge is 2.23. The maximum absolute atomic E-state index is 14.3. The first-order valence-corrected chi connectivity index (χ1v) is 12.2. The van der Waals surface area contributed by atoms with Gasteiger partial charge in [0.1, 0.15) is 5.82 Å². The van der Waals surface area contributed by atoms with Gasteiger partial charge in [-0.25, -0.2) is 13.9 Å². The average Bonchev–Trinajstić information content (AvgIpc) is 3.42. The molecule has 5 rings (SSSR count). The Hall–Kier alpha value is -4.17. The highest BCUT2D eigenvalue weighted by molar-refractivity contribution is 5.76. The Bertz CT molecular complexity index is 1510. The molecule has 0 bridgehead atoms. The number of carbonyl (C=O) groups excluding carboxylic acids is 1. The molecular weight excluding hydrogens is 473 g/mol. The number of halogens is 1. The Balaban J connectivity index is 1.18. The number of amides is 1. The van der Waals surface area contributed by atoms with Gasteiger partial charge in [0.05, 0.1) is 12.3 Å². The Morgan fingerprint density at radius 2 is 1.84 bits per heavy atom. The summed E-state index contributed by atoms with van der Waals surface area (Å²) >= 11 is 0. The van der Waals surface area contributed by atoms with Crippen molar-refractivity contribution in [1.82, 2.24) is 39.4 Å². The van der Waals surface area contributed by atoms with Crippen molar-refractivity contribution in [1.29, 1.82) is 0 Å². The molecule has 0 saturated carbocycles. The molecule has 0 N–H and O–H groups in total. The molecule has 11 heteroatoms. The predicted molar refractivity (Wildman–Crippen MR) is 135 cm³/mol. The third kappa shape index (κ3) is 4.93. The molecule has 1 amide bonds. The van der Waals surface area contributed by atoms with Gasteiger partial charge in [-0.2, -0.15) is 9.61 Å². The van der Waals surface area contributed by atoms with Crippen LogP contribution in [0.1, 0.15) is 34.8 Å². The largest absolute Gasteiger partial charge is 0.340 e.